The quantitative estimate of drug-likeness (QED) is 0.533. The molecule has 0 bridgehead atoms. The summed E-state index contributed by atoms with van der Waals surface area (Å²) in [6.07, 6.45) is -2.35. The smallest absolute Gasteiger partial charge is 0.349 e. The number of hydrogen-bond donors (Lipinski definition) is 0. The van der Waals surface area contributed by atoms with Crippen molar-refractivity contribution in [2.75, 3.05) is 6.61 Å². The number of carbonyl (C=O) groups excluding carboxylic acids is 2. The highest BCUT2D eigenvalue weighted by Crippen LogP contribution is 2.56. The van der Waals surface area contributed by atoms with Gasteiger partial charge in [0.2, 0.25) is 11.7 Å². The minimum absolute atomic E-state index is 0.0130. The van der Waals surface area contributed by atoms with Crippen LogP contribution in [0.15, 0.2) is 30.2 Å². The van der Waals surface area contributed by atoms with Gasteiger partial charge in [0.1, 0.15) is 30.1 Å². The molecular formula is C17H15F3NO7P. The molecule has 12 heteroatoms. The molecule has 2 saturated heterocycles. The number of phosphoric ester groups is 1. The first-order valence-electron chi connectivity index (χ1n) is 8.63. The van der Waals surface area contributed by atoms with Crippen LogP contribution in [-0.4, -0.2) is 41.6 Å². The van der Waals surface area contributed by atoms with E-state index >= 15 is 0 Å². The van der Waals surface area contributed by atoms with Crippen LogP contribution in [0.25, 0.3) is 0 Å². The van der Waals surface area contributed by atoms with E-state index < -0.39 is 74.0 Å². The van der Waals surface area contributed by atoms with Crippen LogP contribution in [0, 0.1) is 11.6 Å². The monoisotopic (exact) mass is 433 g/mol. The van der Waals surface area contributed by atoms with Crippen LogP contribution < -0.4 is 0 Å². The molecule has 2 fully saturated rings. The molecule has 0 spiro atoms. The van der Waals surface area contributed by atoms with E-state index in [1.54, 1.807) is 0 Å². The van der Waals surface area contributed by atoms with Crippen molar-refractivity contribution in [2.45, 2.75) is 37.9 Å². The highest BCUT2D eigenvalue weighted by molar-refractivity contribution is 7.48. The Hall–Kier alpha value is -2.04. The van der Waals surface area contributed by atoms with Crippen LogP contribution in [0.1, 0.15) is 18.4 Å². The summed E-state index contributed by atoms with van der Waals surface area (Å²) in [5, 5.41) is 0. The van der Waals surface area contributed by atoms with Gasteiger partial charge in [-0.3, -0.25) is 28.1 Å². The Bertz CT molecular complexity index is 919. The van der Waals surface area contributed by atoms with Gasteiger partial charge in [0, 0.05) is 18.2 Å². The molecule has 1 aromatic carbocycles. The Kier molecular flexibility index (Phi) is 5.34. The molecular weight excluding hydrogens is 418 g/mol. The molecule has 4 atom stereocenters. The fraction of sp³-hybridized carbons (Fsp3) is 0.412. The molecule has 1 aromatic rings. The molecule has 0 aliphatic carbocycles. The van der Waals surface area contributed by atoms with Gasteiger partial charge in [0.25, 0.3) is 0 Å². The SMILES string of the molecule is O=C1CC(=O)N([C@H]2C[C@@H]3OP(=O)(OCc4c(F)cccc4F)OC[C@H]3O2)C=C1F. The maximum Gasteiger partial charge on any atom is 0.475 e. The van der Waals surface area contributed by atoms with Crippen molar-refractivity contribution < 1.29 is 45.6 Å². The van der Waals surface area contributed by atoms with E-state index in [0.717, 1.165) is 23.2 Å². The largest absolute Gasteiger partial charge is 0.475 e. The van der Waals surface area contributed by atoms with E-state index in [1.165, 1.54) is 6.07 Å². The predicted molar refractivity (Wildman–Crippen MR) is 88.5 cm³/mol. The summed E-state index contributed by atoms with van der Waals surface area (Å²) in [7, 11) is -4.15. The van der Waals surface area contributed by atoms with Crippen molar-refractivity contribution in [1.29, 1.82) is 0 Å². The lowest BCUT2D eigenvalue weighted by Crippen LogP contribution is -2.40. The van der Waals surface area contributed by atoms with Gasteiger partial charge >= 0.3 is 7.82 Å². The van der Waals surface area contributed by atoms with Crippen molar-refractivity contribution in [1.82, 2.24) is 4.90 Å². The third kappa shape index (κ3) is 4.01. The third-order valence-corrected chi connectivity index (χ3v) is 6.14. The van der Waals surface area contributed by atoms with Crippen LogP contribution in [-0.2, 0) is 39.1 Å². The molecule has 0 aromatic heterocycles. The minimum Gasteiger partial charge on any atom is -0.349 e. The fourth-order valence-electron chi connectivity index (χ4n) is 3.20. The molecule has 156 valence electrons. The summed E-state index contributed by atoms with van der Waals surface area (Å²) in [6.45, 7) is -0.913. The van der Waals surface area contributed by atoms with E-state index in [4.69, 9.17) is 18.3 Å². The number of carbonyl (C=O) groups is 2. The third-order valence-electron chi connectivity index (χ3n) is 4.70. The first-order valence-corrected chi connectivity index (χ1v) is 10.1. The number of halogens is 3. The van der Waals surface area contributed by atoms with Crippen molar-refractivity contribution in [3.63, 3.8) is 0 Å². The number of amides is 1. The van der Waals surface area contributed by atoms with Crippen LogP contribution in [0.3, 0.4) is 0 Å². The Morgan fingerprint density at radius 2 is 1.90 bits per heavy atom. The lowest BCUT2D eigenvalue weighted by atomic mass is 10.1. The van der Waals surface area contributed by atoms with Gasteiger partial charge in [-0.15, -0.1) is 0 Å². The molecule has 0 N–H and O–H groups in total. The number of Topliss-reactive ketones (excluding diaryl/α,β-unsaturated/α-hetero) is 1. The van der Waals surface area contributed by atoms with Crippen LogP contribution >= 0.6 is 7.82 Å². The number of hydrogen-bond acceptors (Lipinski definition) is 7. The number of allylic oxidation sites excluding steroid dienone is 1. The second kappa shape index (κ2) is 7.66. The van der Waals surface area contributed by atoms with Gasteiger partial charge in [-0.2, -0.15) is 0 Å². The van der Waals surface area contributed by atoms with E-state index in [1.807, 2.05) is 0 Å². The van der Waals surface area contributed by atoms with Gasteiger partial charge < -0.3 is 4.74 Å². The Balaban J connectivity index is 1.42. The van der Waals surface area contributed by atoms with Gasteiger partial charge in [0.15, 0.2) is 5.83 Å². The standard InChI is InChI=1S/C17H15F3NO7P/c18-10-2-1-3-11(19)9(10)7-25-29(24)26-8-15-14(28-29)5-17(27-15)21-6-12(20)13(22)4-16(21)23/h1-3,6,14-15,17H,4-5,7-8H2/t14-,15+,17+,29?/m0/s1. The molecule has 29 heavy (non-hydrogen) atoms. The number of nitrogens with zero attached hydrogens (tertiary/aromatic N) is 1. The summed E-state index contributed by atoms with van der Waals surface area (Å²) >= 11 is 0. The number of ether oxygens (including phenoxy) is 1. The summed E-state index contributed by atoms with van der Waals surface area (Å²) in [6, 6.07) is 3.23. The maximum atomic E-state index is 13.7. The number of fused-ring (bicyclic) bond motifs is 1. The molecule has 1 unspecified atom stereocenters. The highest BCUT2D eigenvalue weighted by Gasteiger charge is 2.49. The van der Waals surface area contributed by atoms with Crippen molar-refractivity contribution in [2.24, 2.45) is 0 Å². The number of benzene rings is 1. The summed E-state index contributed by atoms with van der Waals surface area (Å²) in [4.78, 5) is 24.2. The maximum absolute atomic E-state index is 13.7. The number of phosphoric acid groups is 1. The van der Waals surface area contributed by atoms with Gasteiger partial charge in [-0.1, -0.05) is 6.07 Å². The normalized spacial score (nSPS) is 32.3. The molecule has 8 nitrogen and oxygen atoms in total. The molecule has 3 aliphatic heterocycles. The zero-order chi connectivity index (χ0) is 20.8. The van der Waals surface area contributed by atoms with Gasteiger partial charge in [0.05, 0.1) is 19.6 Å². The summed E-state index contributed by atoms with van der Waals surface area (Å²) < 4.78 is 74.6. The Labute approximate surface area is 162 Å². The van der Waals surface area contributed by atoms with Crippen LogP contribution in [0.5, 0.6) is 0 Å². The van der Waals surface area contributed by atoms with Crippen LogP contribution in [0.4, 0.5) is 13.2 Å². The Morgan fingerprint density at radius 1 is 1.17 bits per heavy atom. The second-order valence-electron chi connectivity index (χ2n) is 6.60. The molecule has 3 heterocycles. The first-order chi connectivity index (χ1) is 13.8. The zero-order valence-electron chi connectivity index (χ0n) is 14.8. The summed E-state index contributed by atoms with van der Waals surface area (Å²) in [5.74, 6) is -4.37. The van der Waals surface area contributed by atoms with Gasteiger partial charge in [-0.25, -0.2) is 17.7 Å². The number of rotatable bonds is 4. The lowest BCUT2D eigenvalue weighted by Gasteiger charge is -2.30. The van der Waals surface area contributed by atoms with E-state index in [-0.39, 0.29) is 13.0 Å². The molecule has 0 saturated carbocycles. The van der Waals surface area contributed by atoms with Crippen LogP contribution in [0.2, 0.25) is 0 Å². The summed E-state index contributed by atoms with van der Waals surface area (Å²) in [5.41, 5.74) is -0.429. The van der Waals surface area contributed by atoms with Crippen molar-refractivity contribution >= 4 is 19.5 Å². The second-order valence-corrected chi connectivity index (χ2v) is 8.23. The lowest BCUT2D eigenvalue weighted by molar-refractivity contribution is -0.146. The van der Waals surface area contributed by atoms with Crippen molar-refractivity contribution in [3.05, 3.63) is 47.4 Å². The molecule has 4 rings (SSSR count). The van der Waals surface area contributed by atoms with E-state index in [2.05, 4.69) is 0 Å². The zero-order valence-corrected chi connectivity index (χ0v) is 15.7. The fourth-order valence-corrected chi connectivity index (χ4v) is 4.56. The average molecular weight is 433 g/mol. The average Bonchev–Trinajstić information content (AvgIpc) is 3.06. The predicted octanol–water partition coefficient (Wildman–Crippen LogP) is 2.73. The van der Waals surface area contributed by atoms with E-state index in [0.29, 0.717) is 0 Å². The topological polar surface area (TPSA) is 91.4 Å². The van der Waals surface area contributed by atoms with E-state index in [9.17, 15) is 27.3 Å². The molecule has 1 amide bonds. The van der Waals surface area contributed by atoms with Gasteiger partial charge in [-0.05, 0) is 12.1 Å². The number of ketones is 1. The minimum atomic E-state index is -4.15. The molecule has 3 aliphatic rings. The first kappa shape index (κ1) is 20.2. The van der Waals surface area contributed by atoms with Crippen molar-refractivity contribution in [3.8, 4) is 0 Å². The highest BCUT2D eigenvalue weighted by atomic mass is 31.2. The Morgan fingerprint density at radius 3 is 2.62 bits per heavy atom. The molecule has 0 radical (unpaired) electrons.